The number of hydrogen-bond acceptors (Lipinski definition) is 6. The van der Waals surface area contributed by atoms with Crippen LogP contribution >= 0.6 is 23.2 Å². The highest BCUT2D eigenvalue weighted by molar-refractivity contribution is 6.43. The van der Waals surface area contributed by atoms with Crippen LogP contribution in [0.5, 0.6) is 5.75 Å². The fourth-order valence-electron chi connectivity index (χ4n) is 4.96. The third-order valence-electron chi connectivity index (χ3n) is 6.80. The lowest BCUT2D eigenvalue weighted by atomic mass is 9.83. The van der Waals surface area contributed by atoms with Gasteiger partial charge in [-0.2, -0.15) is 0 Å². The van der Waals surface area contributed by atoms with Crippen molar-refractivity contribution >= 4 is 34.7 Å². The van der Waals surface area contributed by atoms with Crippen LogP contribution in [0.2, 0.25) is 0 Å². The van der Waals surface area contributed by atoms with Gasteiger partial charge in [0.15, 0.2) is 0 Å². The van der Waals surface area contributed by atoms with Gasteiger partial charge in [-0.05, 0) is 32.8 Å². The molecule has 4 heterocycles. The van der Waals surface area contributed by atoms with Crippen molar-refractivity contribution < 1.29 is 4.74 Å². The molecule has 3 aliphatic rings. The summed E-state index contributed by atoms with van der Waals surface area (Å²) in [7, 11) is 0. The summed E-state index contributed by atoms with van der Waals surface area (Å²) in [4.78, 5) is 24.4. The molecule has 0 aromatic carbocycles. The molecular weight excluding hydrogens is 449 g/mol. The minimum Gasteiger partial charge on any atom is -0.483 e. The SMILES string of the molecule is Cc1c(N2CCC3(CC2)Oc2cnccc2[C@H]3N)nc(C)n(C2=CCCC(Cl)=C2Cl)c1=O. The quantitative estimate of drug-likeness (QED) is 0.708. The number of pyridine rings is 1. The van der Waals surface area contributed by atoms with Crippen LogP contribution in [0, 0.1) is 13.8 Å². The van der Waals surface area contributed by atoms with Crippen molar-refractivity contribution in [2.75, 3.05) is 18.0 Å². The highest BCUT2D eigenvalue weighted by Gasteiger charge is 2.48. The van der Waals surface area contributed by atoms with Crippen molar-refractivity contribution in [3.8, 4) is 5.75 Å². The molecule has 1 atom stereocenters. The normalized spacial score (nSPS) is 22.1. The highest BCUT2D eigenvalue weighted by Crippen LogP contribution is 2.47. The molecule has 1 saturated heterocycles. The number of aromatic nitrogens is 3. The number of piperidine rings is 1. The molecule has 7 nitrogen and oxygen atoms in total. The van der Waals surface area contributed by atoms with Crippen LogP contribution in [0.25, 0.3) is 5.70 Å². The van der Waals surface area contributed by atoms with Gasteiger partial charge in [0.2, 0.25) is 0 Å². The average molecular weight is 474 g/mol. The Labute approximate surface area is 196 Å². The van der Waals surface area contributed by atoms with E-state index in [9.17, 15) is 4.79 Å². The number of ether oxygens (including phenoxy) is 1. The molecule has 2 aromatic rings. The standard InChI is InChI=1S/C23H25Cl2N5O2/c1-13-21(28-14(2)30(22(13)31)17-5-3-4-16(24)19(17)25)29-10-7-23(8-11-29)20(26)15-6-9-27-12-18(15)32-23/h5-6,9,12,20H,3-4,7-8,10-11,26H2,1-2H3/t20-/m1/s1. The number of hydrogen-bond donors (Lipinski definition) is 1. The van der Waals surface area contributed by atoms with Crippen LogP contribution in [0.1, 0.15) is 48.7 Å². The molecule has 0 bridgehead atoms. The number of nitrogens with zero attached hydrogens (tertiary/aromatic N) is 4. The molecule has 9 heteroatoms. The van der Waals surface area contributed by atoms with Crippen molar-refractivity contribution in [3.05, 3.63) is 61.9 Å². The van der Waals surface area contributed by atoms with Gasteiger partial charge in [0, 0.05) is 42.7 Å². The van der Waals surface area contributed by atoms with Crippen LogP contribution < -0.4 is 20.9 Å². The maximum absolute atomic E-state index is 13.3. The lowest BCUT2D eigenvalue weighted by Crippen LogP contribution is -2.52. The van der Waals surface area contributed by atoms with Gasteiger partial charge in [0.25, 0.3) is 5.56 Å². The zero-order valence-electron chi connectivity index (χ0n) is 18.1. The fraction of sp³-hybridized carbons (Fsp3) is 0.435. The summed E-state index contributed by atoms with van der Waals surface area (Å²) in [6.07, 6.45) is 8.32. The van der Waals surface area contributed by atoms with Crippen molar-refractivity contribution in [2.45, 2.75) is 51.2 Å². The second-order valence-electron chi connectivity index (χ2n) is 8.64. The first kappa shape index (κ1) is 21.5. The van der Waals surface area contributed by atoms with Crippen LogP contribution in [0.15, 0.2) is 39.4 Å². The van der Waals surface area contributed by atoms with Gasteiger partial charge in [0.1, 0.15) is 23.0 Å². The first-order chi connectivity index (χ1) is 15.3. The van der Waals surface area contributed by atoms with Gasteiger partial charge in [-0.1, -0.05) is 29.3 Å². The van der Waals surface area contributed by atoms with Crippen molar-refractivity contribution in [1.82, 2.24) is 14.5 Å². The van der Waals surface area contributed by atoms with E-state index >= 15 is 0 Å². The third kappa shape index (κ3) is 3.26. The monoisotopic (exact) mass is 473 g/mol. The lowest BCUT2D eigenvalue weighted by Gasteiger charge is -2.41. The predicted octanol–water partition coefficient (Wildman–Crippen LogP) is 4.01. The van der Waals surface area contributed by atoms with E-state index in [-0.39, 0.29) is 11.6 Å². The van der Waals surface area contributed by atoms with Crippen LogP contribution in [-0.4, -0.2) is 33.2 Å². The number of aryl methyl sites for hydroxylation is 1. The molecular formula is C23H25Cl2N5O2. The summed E-state index contributed by atoms with van der Waals surface area (Å²) in [5, 5.41) is 0.987. The number of halogens is 2. The molecule has 0 radical (unpaired) electrons. The van der Waals surface area contributed by atoms with Gasteiger partial charge >= 0.3 is 0 Å². The summed E-state index contributed by atoms with van der Waals surface area (Å²) in [5.41, 5.74) is 8.20. The van der Waals surface area contributed by atoms with E-state index in [0.29, 0.717) is 52.5 Å². The Morgan fingerprint density at radius 1 is 1.25 bits per heavy atom. The summed E-state index contributed by atoms with van der Waals surface area (Å²) >= 11 is 12.7. The maximum Gasteiger partial charge on any atom is 0.263 e. The van der Waals surface area contributed by atoms with Crippen LogP contribution in [0.4, 0.5) is 5.82 Å². The third-order valence-corrected chi connectivity index (χ3v) is 7.69. The Kier molecular flexibility index (Phi) is 5.31. The number of anilines is 1. The molecule has 0 unspecified atom stereocenters. The summed E-state index contributed by atoms with van der Waals surface area (Å²) in [6, 6.07) is 1.74. The highest BCUT2D eigenvalue weighted by atomic mass is 35.5. The zero-order chi connectivity index (χ0) is 22.6. The van der Waals surface area contributed by atoms with Crippen LogP contribution in [-0.2, 0) is 0 Å². The second-order valence-corrected chi connectivity index (χ2v) is 9.47. The van der Waals surface area contributed by atoms with E-state index in [1.807, 2.05) is 26.0 Å². The van der Waals surface area contributed by atoms with Gasteiger partial charge in [0.05, 0.1) is 28.5 Å². The van der Waals surface area contributed by atoms with Gasteiger partial charge in [-0.3, -0.25) is 14.3 Å². The van der Waals surface area contributed by atoms with E-state index in [1.165, 1.54) is 0 Å². The Morgan fingerprint density at radius 3 is 2.72 bits per heavy atom. The molecule has 2 aliphatic heterocycles. The van der Waals surface area contributed by atoms with Gasteiger partial charge in [-0.15, -0.1) is 0 Å². The molecule has 168 valence electrons. The second kappa shape index (κ2) is 7.90. The first-order valence-electron chi connectivity index (χ1n) is 10.8. The summed E-state index contributed by atoms with van der Waals surface area (Å²) in [6.45, 7) is 5.03. The van der Waals surface area contributed by atoms with E-state index in [1.54, 1.807) is 17.0 Å². The zero-order valence-corrected chi connectivity index (χ0v) is 19.6. The molecule has 1 fully saturated rings. The Bertz CT molecular complexity index is 1210. The molecule has 1 spiro atoms. The molecule has 5 rings (SSSR count). The van der Waals surface area contributed by atoms with E-state index in [2.05, 4.69) is 9.88 Å². The summed E-state index contributed by atoms with van der Waals surface area (Å²) < 4.78 is 7.85. The molecule has 2 N–H and O–H groups in total. The van der Waals surface area contributed by atoms with Crippen molar-refractivity contribution in [2.24, 2.45) is 5.73 Å². The average Bonchev–Trinajstić information content (AvgIpc) is 3.06. The van der Waals surface area contributed by atoms with Crippen LogP contribution in [0.3, 0.4) is 0 Å². The topological polar surface area (TPSA) is 86.3 Å². The Morgan fingerprint density at radius 2 is 2.00 bits per heavy atom. The maximum atomic E-state index is 13.3. The molecule has 1 aliphatic carbocycles. The number of allylic oxidation sites excluding steroid dienone is 4. The van der Waals surface area contributed by atoms with E-state index in [4.69, 9.17) is 38.7 Å². The van der Waals surface area contributed by atoms with Gasteiger partial charge in [-0.25, -0.2) is 4.98 Å². The first-order valence-corrected chi connectivity index (χ1v) is 11.6. The minimum absolute atomic E-state index is 0.129. The Hall–Kier alpha value is -2.35. The number of fused-ring (bicyclic) bond motifs is 1. The lowest BCUT2D eigenvalue weighted by molar-refractivity contribution is 0.0428. The summed E-state index contributed by atoms with van der Waals surface area (Å²) in [5.74, 6) is 2.05. The number of nitrogens with two attached hydrogens (primary N) is 1. The molecule has 0 amide bonds. The molecule has 0 saturated carbocycles. The molecule has 2 aromatic heterocycles. The molecule has 32 heavy (non-hydrogen) atoms. The minimum atomic E-state index is -0.443. The van der Waals surface area contributed by atoms with Crippen molar-refractivity contribution in [3.63, 3.8) is 0 Å². The number of rotatable bonds is 2. The fourth-order valence-corrected chi connectivity index (χ4v) is 5.42. The van der Waals surface area contributed by atoms with Crippen molar-refractivity contribution in [1.29, 1.82) is 0 Å². The van der Waals surface area contributed by atoms with Gasteiger partial charge < -0.3 is 15.4 Å². The largest absolute Gasteiger partial charge is 0.483 e. The smallest absolute Gasteiger partial charge is 0.263 e. The van der Waals surface area contributed by atoms with E-state index in [0.717, 1.165) is 30.6 Å². The predicted molar refractivity (Wildman–Crippen MR) is 126 cm³/mol. The van der Waals surface area contributed by atoms with E-state index < -0.39 is 5.60 Å². The Balaban J connectivity index is 1.42.